The van der Waals surface area contributed by atoms with Crippen LogP contribution in [0.5, 0.6) is 5.75 Å². The summed E-state index contributed by atoms with van der Waals surface area (Å²) in [6, 6.07) is 17.9. The number of hydrogen-bond acceptors (Lipinski definition) is 5. The lowest BCUT2D eigenvalue weighted by Crippen LogP contribution is -2.42. The lowest BCUT2D eigenvalue weighted by Gasteiger charge is -2.37. The number of aliphatic hydroxyl groups is 1. The van der Waals surface area contributed by atoms with Gasteiger partial charge in [-0.2, -0.15) is 0 Å². The Bertz CT molecular complexity index is 1490. The molecule has 2 amide bonds. The standard InChI is InChI=1S/C33H35N3O4/c1-34-15-11-33(12-16-34)21-40-30-18-24-10-14-36(29(24)19-28(30)33)32(39)23-6-4-22(5-7-23)27-9-8-26(17-25(27)20-37)35-13-2-3-31(35)38/h4-9,17-19,37H,2-3,10-16,20-21H2,1H3. The molecule has 3 aromatic rings. The lowest BCUT2D eigenvalue weighted by molar-refractivity contribution is -0.117. The van der Waals surface area contributed by atoms with E-state index in [2.05, 4.69) is 24.1 Å². The van der Waals surface area contributed by atoms with E-state index in [9.17, 15) is 14.7 Å². The molecule has 0 unspecified atom stereocenters. The number of likely N-dealkylation sites (tertiary alicyclic amines) is 1. The van der Waals surface area contributed by atoms with E-state index < -0.39 is 0 Å². The van der Waals surface area contributed by atoms with E-state index in [0.717, 1.165) is 79.2 Å². The summed E-state index contributed by atoms with van der Waals surface area (Å²) >= 11 is 0. The van der Waals surface area contributed by atoms with E-state index in [4.69, 9.17) is 4.74 Å². The van der Waals surface area contributed by atoms with Gasteiger partial charge in [-0.3, -0.25) is 9.59 Å². The van der Waals surface area contributed by atoms with E-state index in [-0.39, 0.29) is 23.8 Å². The number of carbonyl (C=O) groups excluding carboxylic acids is 2. The van der Waals surface area contributed by atoms with Gasteiger partial charge in [0.05, 0.1) is 13.2 Å². The van der Waals surface area contributed by atoms with Gasteiger partial charge in [0.25, 0.3) is 5.91 Å². The Morgan fingerprint density at radius 2 is 1.77 bits per heavy atom. The second kappa shape index (κ2) is 9.75. The van der Waals surface area contributed by atoms with Crippen LogP contribution in [0, 0.1) is 0 Å². The number of ether oxygens (including phenoxy) is 1. The number of nitrogens with zero attached hydrogens (tertiary/aromatic N) is 3. The Kier molecular flexibility index (Phi) is 6.17. The van der Waals surface area contributed by atoms with Crippen molar-refractivity contribution in [1.29, 1.82) is 0 Å². The molecule has 0 bridgehead atoms. The number of carbonyl (C=O) groups is 2. The maximum absolute atomic E-state index is 13.7. The molecule has 4 heterocycles. The van der Waals surface area contributed by atoms with Crippen LogP contribution in [0.25, 0.3) is 11.1 Å². The second-order valence-corrected chi connectivity index (χ2v) is 11.8. The zero-order valence-electron chi connectivity index (χ0n) is 23.0. The highest BCUT2D eigenvalue weighted by molar-refractivity contribution is 6.07. The Hall–Kier alpha value is -3.68. The summed E-state index contributed by atoms with van der Waals surface area (Å²) in [4.78, 5) is 32.0. The van der Waals surface area contributed by atoms with Crippen LogP contribution in [-0.2, 0) is 23.2 Å². The zero-order chi connectivity index (χ0) is 27.4. The maximum atomic E-state index is 13.7. The van der Waals surface area contributed by atoms with Crippen molar-refractivity contribution >= 4 is 23.2 Å². The summed E-state index contributed by atoms with van der Waals surface area (Å²) in [6.07, 6.45) is 4.42. The average Bonchev–Trinajstić information content (AvgIpc) is 3.70. The van der Waals surface area contributed by atoms with Gasteiger partial charge >= 0.3 is 0 Å². The summed E-state index contributed by atoms with van der Waals surface area (Å²) < 4.78 is 6.19. The molecule has 0 aromatic heterocycles. The third kappa shape index (κ3) is 4.11. The Balaban J connectivity index is 1.14. The molecule has 2 fully saturated rings. The van der Waals surface area contributed by atoms with Crippen LogP contribution < -0.4 is 14.5 Å². The average molecular weight is 538 g/mol. The smallest absolute Gasteiger partial charge is 0.258 e. The minimum atomic E-state index is -0.123. The highest BCUT2D eigenvalue weighted by atomic mass is 16.5. The van der Waals surface area contributed by atoms with E-state index in [0.29, 0.717) is 25.1 Å². The van der Waals surface area contributed by atoms with Crippen molar-refractivity contribution in [2.24, 2.45) is 0 Å². The molecule has 1 spiro atoms. The highest BCUT2D eigenvalue weighted by Crippen LogP contribution is 2.49. The van der Waals surface area contributed by atoms with Gasteiger partial charge in [0.2, 0.25) is 5.91 Å². The van der Waals surface area contributed by atoms with Crippen molar-refractivity contribution in [1.82, 2.24) is 4.90 Å². The maximum Gasteiger partial charge on any atom is 0.258 e. The molecular weight excluding hydrogens is 502 g/mol. The molecule has 7 nitrogen and oxygen atoms in total. The first-order chi connectivity index (χ1) is 19.5. The van der Waals surface area contributed by atoms with E-state index >= 15 is 0 Å². The van der Waals surface area contributed by atoms with Gasteiger partial charge in [0, 0.05) is 47.4 Å². The van der Waals surface area contributed by atoms with Gasteiger partial charge in [-0.15, -0.1) is 0 Å². The number of piperidine rings is 1. The molecular formula is C33H35N3O4. The monoisotopic (exact) mass is 537 g/mol. The number of hydrogen-bond donors (Lipinski definition) is 1. The van der Waals surface area contributed by atoms with Gasteiger partial charge in [-0.1, -0.05) is 18.2 Å². The predicted molar refractivity (Wildman–Crippen MR) is 155 cm³/mol. The molecule has 4 aliphatic rings. The minimum absolute atomic E-state index is 0.00636. The van der Waals surface area contributed by atoms with Gasteiger partial charge < -0.3 is 24.5 Å². The normalized spacial score (nSPS) is 19.7. The fraction of sp³-hybridized carbons (Fsp3) is 0.394. The molecule has 40 heavy (non-hydrogen) atoms. The fourth-order valence-corrected chi connectivity index (χ4v) is 6.94. The largest absolute Gasteiger partial charge is 0.492 e. The SMILES string of the molecule is CN1CCC2(CC1)COc1cc3c(cc12)N(C(=O)c1ccc(-c2ccc(N4CCCC4=O)cc2CO)cc1)CC3. The van der Waals surface area contributed by atoms with Crippen LogP contribution in [0.2, 0.25) is 0 Å². The van der Waals surface area contributed by atoms with E-state index in [1.54, 1.807) is 4.90 Å². The first kappa shape index (κ1) is 25.3. The van der Waals surface area contributed by atoms with Crippen molar-refractivity contribution in [2.75, 3.05) is 49.6 Å². The second-order valence-electron chi connectivity index (χ2n) is 11.8. The summed E-state index contributed by atoms with van der Waals surface area (Å²) in [6.45, 7) is 4.12. The third-order valence-electron chi connectivity index (χ3n) is 9.43. The first-order valence-corrected chi connectivity index (χ1v) is 14.4. The molecule has 7 rings (SSSR count). The number of benzene rings is 3. The van der Waals surface area contributed by atoms with Gasteiger partial charge in [-0.05, 0) is 104 Å². The van der Waals surface area contributed by atoms with Crippen LogP contribution in [0.1, 0.15) is 52.7 Å². The number of aliphatic hydroxyl groups excluding tert-OH is 1. The van der Waals surface area contributed by atoms with Gasteiger partial charge in [-0.25, -0.2) is 0 Å². The topological polar surface area (TPSA) is 73.3 Å². The summed E-state index contributed by atoms with van der Waals surface area (Å²) in [5.41, 5.74) is 7.60. The summed E-state index contributed by atoms with van der Waals surface area (Å²) in [5.74, 6) is 1.13. The van der Waals surface area contributed by atoms with E-state index in [1.807, 2.05) is 47.4 Å². The Morgan fingerprint density at radius 3 is 2.50 bits per heavy atom. The van der Waals surface area contributed by atoms with Crippen LogP contribution in [0.4, 0.5) is 11.4 Å². The quantitative estimate of drug-likeness (QED) is 0.530. The van der Waals surface area contributed by atoms with Gasteiger partial charge in [0.15, 0.2) is 0 Å². The Morgan fingerprint density at radius 1 is 0.975 bits per heavy atom. The Labute approximate surface area is 235 Å². The number of amides is 2. The molecule has 7 heteroatoms. The molecule has 0 aliphatic carbocycles. The van der Waals surface area contributed by atoms with Crippen LogP contribution in [0.15, 0.2) is 54.6 Å². The van der Waals surface area contributed by atoms with Crippen molar-refractivity contribution < 1.29 is 19.4 Å². The van der Waals surface area contributed by atoms with E-state index in [1.165, 1.54) is 11.1 Å². The summed E-state index contributed by atoms with van der Waals surface area (Å²) in [7, 11) is 2.17. The van der Waals surface area contributed by atoms with Crippen molar-refractivity contribution in [3.05, 3.63) is 76.9 Å². The molecule has 4 aliphatic heterocycles. The summed E-state index contributed by atoms with van der Waals surface area (Å²) in [5, 5.41) is 10.1. The fourth-order valence-electron chi connectivity index (χ4n) is 6.94. The number of rotatable bonds is 4. The third-order valence-corrected chi connectivity index (χ3v) is 9.43. The number of anilines is 2. The molecule has 0 atom stereocenters. The molecule has 206 valence electrons. The molecule has 0 radical (unpaired) electrons. The predicted octanol–water partition coefficient (Wildman–Crippen LogP) is 4.53. The van der Waals surface area contributed by atoms with Crippen LogP contribution >= 0.6 is 0 Å². The van der Waals surface area contributed by atoms with Gasteiger partial charge in [0.1, 0.15) is 5.75 Å². The zero-order valence-corrected chi connectivity index (χ0v) is 23.0. The highest BCUT2D eigenvalue weighted by Gasteiger charge is 2.44. The molecule has 1 N–H and O–H groups in total. The van der Waals surface area contributed by atoms with Crippen LogP contribution in [0.3, 0.4) is 0 Å². The first-order valence-electron chi connectivity index (χ1n) is 14.4. The van der Waals surface area contributed by atoms with Crippen molar-refractivity contribution in [2.45, 2.75) is 44.1 Å². The molecule has 2 saturated heterocycles. The minimum Gasteiger partial charge on any atom is -0.492 e. The van der Waals surface area contributed by atoms with Crippen LogP contribution in [-0.4, -0.2) is 61.7 Å². The van der Waals surface area contributed by atoms with Crippen molar-refractivity contribution in [3.63, 3.8) is 0 Å². The lowest BCUT2D eigenvalue weighted by atomic mass is 9.74. The molecule has 0 saturated carbocycles. The number of fused-ring (bicyclic) bond motifs is 3. The van der Waals surface area contributed by atoms with Crippen molar-refractivity contribution in [3.8, 4) is 16.9 Å². The molecule has 3 aromatic carbocycles.